The van der Waals surface area contributed by atoms with Crippen LogP contribution in [0.15, 0.2) is 54.9 Å². The van der Waals surface area contributed by atoms with Crippen molar-refractivity contribution >= 4 is 44.2 Å². The Morgan fingerprint density at radius 2 is 1.90 bits per heavy atom. The summed E-state index contributed by atoms with van der Waals surface area (Å²) in [5.74, 6) is -0.127. The zero-order chi connectivity index (χ0) is 20.5. The lowest BCUT2D eigenvalue weighted by Gasteiger charge is -2.22. The molecule has 7 nitrogen and oxygen atoms in total. The Morgan fingerprint density at radius 3 is 2.77 bits per heavy atom. The molecule has 1 fully saturated rings. The summed E-state index contributed by atoms with van der Waals surface area (Å²) in [7, 11) is 0. The van der Waals surface area contributed by atoms with Crippen molar-refractivity contribution in [1.29, 1.82) is 0 Å². The van der Waals surface area contributed by atoms with Crippen molar-refractivity contribution in [3.63, 3.8) is 0 Å². The van der Waals surface area contributed by atoms with E-state index < -0.39 is 0 Å². The molecular formula is C21H19ClN6OS. The standard InChI is InChI=1S/C21H19ClN6OS/c22-13-8-9-19-17(12-13)27-21(30-19)26-16-6-3-5-15(16)25-20(29)14-4-1-2-7-18(14)28-23-10-11-24-28/h1-2,4,7-12,15-16H,3,5-6H2,(H,25,29)(H,26,27)/t15-,16-/m1/s1. The predicted molar refractivity (Wildman–Crippen MR) is 119 cm³/mol. The highest BCUT2D eigenvalue weighted by atomic mass is 35.5. The van der Waals surface area contributed by atoms with E-state index in [9.17, 15) is 4.79 Å². The number of aromatic nitrogens is 4. The quantitative estimate of drug-likeness (QED) is 0.485. The van der Waals surface area contributed by atoms with E-state index in [0.717, 1.165) is 34.6 Å². The van der Waals surface area contributed by atoms with Crippen LogP contribution in [0, 0.1) is 0 Å². The summed E-state index contributed by atoms with van der Waals surface area (Å²) in [5, 5.41) is 16.6. The van der Waals surface area contributed by atoms with Crippen molar-refractivity contribution in [3.05, 3.63) is 65.4 Å². The molecule has 0 saturated heterocycles. The lowest BCUT2D eigenvalue weighted by Crippen LogP contribution is -2.43. The van der Waals surface area contributed by atoms with Crippen LogP contribution in [0.4, 0.5) is 5.13 Å². The van der Waals surface area contributed by atoms with Gasteiger partial charge in [-0.05, 0) is 49.6 Å². The largest absolute Gasteiger partial charge is 0.357 e. The van der Waals surface area contributed by atoms with E-state index in [1.807, 2.05) is 36.4 Å². The van der Waals surface area contributed by atoms with Crippen LogP contribution in [-0.2, 0) is 0 Å². The molecule has 2 atom stereocenters. The van der Waals surface area contributed by atoms with Crippen LogP contribution in [0.5, 0.6) is 0 Å². The Balaban J connectivity index is 1.33. The van der Waals surface area contributed by atoms with Gasteiger partial charge in [0.15, 0.2) is 5.13 Å². The van der Waals surface area contributed by atoms with Gasteiger partial charge in [-0.15, -0.1) is 0 Å². The summed E-state index contributed by atoms with van der Waals surface area (Å²) >= 11 is 7.67. The van der Waals surface area contributed by atoms with Crippen LogP contribution < -0.4 is 10.6 Å². The van der Waals surface area contributed by atoms with E-state index in [1.165, 1.54) is 4.80 Å². The van der Waals surface area contributed by atoms with E-state index in [-0.39, 0.29) is 18.0 Å². The van der Waals surface area contributed by atoms with Crippen molar-refractivity contribution in [3.8, 4) is 5.69 Å². The summed E-state index contributed by atoms with van der Waals surface area (Å²) in [4.78, 5) is 19.2. The lowest BCUT2D eigenvalue weighted by atomic mass is 10.1. The summed E-state index contributed by atoms with van der Waals surface area (Å²) < 4.78 is 1.08. The number of carbonyl (C=O) groups excluding carboxylic acids is 1. The number of hydrogen-bond acceptors (Lipinski definition) is 6. The third-order valence-electron chi connectivity index (χ3n) is 5.27. The number of halogens is 1. The molecule has 4 aromatic rings. The van der Waals surface area contributed by atoms with Gasteiger partial charge in [0.2, 0.25) is 0 Å². The molecule has 0 bridgehead atoms. The average Bonchev–Trinajstić information content (AvgIpc) is 3.49. The molecule has 0 radical (unpaired) electrons. The first-order valence-corrected chi connectivity index (χ1v) is 11.0. The van der Waals surface area contributed by atoms with Gasteiger partial charge in [0.25, 0.3) is 5.91 Å². The smallest absolute Gasteiger partial charge is 0.253 e. The number of rotatable bonds is 5. The van der Waals surface area contributed by atoms with Gasteiger partial charge in [-0.2, -0.15) is 15.0 Å². The Bertz CT molecular complexity index is 1190. The molecule has 2 N–H and O–H groups in total. The number of nitrogens with zero attached hydrogens (tertiary/aromatic N) is 4. The van der Waals surface area contributed by atoms with Crippen LogP contribution in [-0.4, -0.2) is 38.0 Å². The molecule has 2 heterocycles. The first-order valence-electron chi connectivity index (χ1n) is 9.76. The Morgan fingerprint density at radius 1 is 1.10 bits per heavy atom. The van der Waals surface area contributed by atoms with Crippen molar-refractivity contribution in [2.75, 3.05) is 5.32 Å². The lowest BCUT2D eigenvalue weighted by molar-refractivity contribution is 0.0935. The fourth-order valence-corrected chi connectivity index (χ4v) is 4.93. The SMILES string of the molecule is O=C(N[C@@H]1CCC[C@H]1Nc1nc2cc(Cl)ccc2s1)c1ccccc1-n1nccn1. The molecule has 0 spiro atoms. The highest BCUT2D eigenvalue weighted by Gasteiger charge is 2.30. The molecule has 9 heteroatoms. The number of benzene rings is 2. The maximum atomic E-state index is 13.1. The van der Waals surface area contributed by atoms with Gasteiger partial charge >= 0.3 is 0 Å². The van der Waals surface area contributed by atoms with Gasteiger partial charge in [0, 0.05) is 17.1 Å². The molecule has 0 aliphatic heterocycles. The molecule has 152 valence electrons. The number of fused-ring (bicyclic) bond motifs is 1. The van der Waals surface area contributed by atoms with Crippen LogP contribution in [0.1, 0.15) is 29.6 Å². The molecule has 1 amide bonds. The summed E-state index contributed by atoms with van der Waals surface area (Å²) in [6.45, 7) is 0. The van der Waals surface area contributed by atoms with Crippen molar-refractivity contribution in [1.82, 2.24) is 25.3 Å². The number of amides is 1. The first kappa shape index (κ1) is 19.0. The van der Waals surface area contributed by atoms with Crippen molar-refractivity contribution in [2.45, 2.75) is 31.3 Å². The summed E-state index contributed by atoms with van der Waals surface area (Å²) in [6, 6.07) is 13.2. The van der Waals surface area contributed by atoms with Gasteiger partial charge in [-0.3, -0.25) is 4.79 Å². The monoisotopic (exact) mass is 438 g/mol. The Kier molecular flexibility index (Phi) is 5.10. The minimum absolute atomic E-state index is 0.0201. The highest BCUT2D eigenvalue weighted by molar-refractivity contribution is 7.22. The third kappa shape index (κ3) is 3.76. The fourth-order valence-electron chi connectivity index (χ4n) is 3.85. The van der Waals surface area contributed by atoms with E-state index in [4.69, 9.17) is 11.6 Å². The molecule has 2 aromatic heterocycles. The van der Waals surface area contributed by atoms with Gasteiger partial charge < -0.3 is 10.6 Å². The van der Waals surface area contributed by atoms with Gasteiger partial charge in [0.05, 0.1) is 33.9 Å². The van der Waals surface area contributed by atoms with Gasteiger partial charge in [-0.25, -0.2) is 4.98 Å². The average molecular weight is 439 g/mol. The predicted octanol–water partition coefficient (Wildman–Crippen LogP) is 4.29. The maximum Gasteiger partial charge on any atom is 0.253 e. The minimum Gasteiger partial charge on any atom is -0.357 e. The second kappa shape index (κ2) is 8.04. The minimum atomic E-state index is -0.127. The Hall–Kier alpha value is -2.97. The van der Waals surface area contributed by atoms with Gasteiger partial charge in [0.1, 0.15) is 0 Å². The van der Waals surface area contributed by atoms with E-state index in [2.05, 4.69) is 25.8 Å². The molecule has 1 aliphatic rings. The van der Waals surface area contributed by atoms with E-state index >= 15 is 0 Å². The number of para-hydroxylation sites is 1. The molecule has 30 heavy (non-hydrogen) atoms. The van der Waals surface area contributed by atoms with Gasteiger partial charge in [-0.1, -0.05) is 35.1 Å². The summed E-state index contributed by atoms with van der Waals surface area (Å²) in [5.41, 5.74) is 2.09. The molecule has 1 aliphatic carbocycles. The van der Waals surface area contributed by atoms with Crippen LogP contribution in [0.2, 0.25) is 5.02 Å². The fraction of sp³-hybridized carbons (Fsp3) is 0.238. The van der Waals surface area contributed by atoms with Crippen molar-refractivity contribution < 1.29 is 4.79 Å². The number of hydrogen-bond donors (Lipinski definition) is 2. The second-order valence-electron chi connectivity index (χ2n) is 7.23. The van der Waals surface area contributed by atoms with Crippen LogP contribution in [0.25, 0.3) is 15.9 Å². The van der Waals surface area contributed by atoms with E-state index in [0.29, 0.717) is 16.3 Å². The molecule has 5 rings (SSSR count). The third-order valence-corrected chi connectivity index (χ3v) is 6.48. The van der Waals surface area contributed by atoms with E-state index in [1.54, 1.807) is 29.8 Å². The number of anilines is 1. The molecule has 0 unspecified atom stereocenters. The second-order valence-corrected chi connectivity index (χ2v) is 8.70. The Labute approximate surface area is 182 Å². The molecule has 1 saturated carbocycles. The van der Waals surface area contributed by atoms with Crippen LogP contribution in [0.3, 0.4) is 0 Å². The van der Waals surface area contributed by atoms with Crippen molar-refractivity contribution in [2.24, 2.45) is 0 Å². The number of carbonyl (C=O) groups is 1. The zero-order valence-electron chi connectivity index (χ0n) is 16.0. The number of nitrogens with one attached hydrogen (secondary N) is 2. The first-order chi connectivity index (χ1) is 14.7. The number of thiazole rings is 1. The zero-order valence-corrected chi connectivity index (χ0v) is 17.5. The molecule has 2 aromatic carbocycles. The summed E-state index contributed by atoms with van der Waals surface area (Å²) in [6.07, 6.45) is 6.13. The molecular weight excluding hydrogens is 420 g/mol. The van der Waals surface area contributed by atoms with Crippen LogP contribution >= 0.6 is 22.9 Å². The highest BCUT2D eigenvalue weighted by Crippen LogP contribution is 2.31. The normalized spacial score (nSPS) is 18.6. The topological polar surface area (TPSA) is 84.7 Å². The maximum absolute atomic E-state index is 13.1.